The molecule has 1 aromatic carbocycles. The molecule has 2 bridgehead atoms. The molecule has 2 aliphatic carbocycles. The van der Waals surface area contributed by atoms with Gasteiger partial charge in [0.15, 0.2) is 0 Å². The van der Waals surface area contributed by atoms with E-state index in [-0.39, 0.29) is 125 Å². The number of likely N-dealkylation sites (tertiary alicyclic amines) is 3. The van der Waals surface area contributed by atoms with Gasteiger partial charge in [-0.2, -0.15) is 13.2 Å². The smallest absolute Gasteiger partial charge is 0.395 e. The molecule has 6 heterocycles. The lowest BCUT2D eigenvalue weighted by Gasteiger charge is -2.54. The third-order valence-electron chi connectivity index (χ3n) is 24.7. The number of aliphatic hydroxyl groups is 5. The Morgan fingerprint density at radius 1 is 0.556 bits per heavy atom. The van der Waals surface area contributed by atoms with Crippen LogP contribution in [0, 0.1) is 39.4 Å². The summed E-state index contributed by atoms with van der Waals surface area (Å²) in [5.74, 6) is -0.501. The molecule has 7 N–H and O–H groups in total. The lowest BCUT2D eigenvalue weighted by Crippen LogP contribution is -2.53. The maximum Gasteiger partial charge on any atom is 0.395 e. The zero-order valence-electron chi connectivity index (χ0n) is 79.6. The normalized spacial score (nSPS) is 28.5. The molecule has 8 aliphatic rings. The van der Waals surface area contributed by atoms with Crippen LogP contribution in [0.1, 0.15) is 272 Å². The van der Waals surface area contributed by atoms with Crippen LogP contribution in [0.25, 0.3) is 0 Å². The maximum atomic E-state index is 13.2. The number of hydrogen-bond donors (Lipinski definition) is 7. The van der Waals surface area contributed by atoms with Gasteiger partial charge < -0.3 is 78.3 Å². The van der Waals surface area contributed by atoms with E-state index in [2.05, 4.69) is 182 Å². The quantitative estimate of drug-likeness (QED) is 0.0234. The number of halogens is 3. The van der Waals surface area contributed by atoms with Gasteiger partial charge in [-0.25, -0.2) is 0 Å². The van der Waals surface area contributed by atoms with Crippen molar-refractivity contribution in [3.63, 3.8) is 0 Å². The van der Waals surface area contributed by atoms with E-state index in [0.29, 0.717) is 62.1 Å². The van der Waals surface area contributed by atoms with Crippen molar-refractivity contribution in [1.29, 1.82) is 0 Å². The number of rotatable bonds is 28. The fraction of sp³-hybridized carbons (Fsp3) is 0.913. The third-order valence-corrected chi connectivity index (χ3v) is 26.6. The number of β-amino-alcohol motifs (C(OH)–C–C–N with tert-alkyl or cyclic N) is 1. The van der Waals surface area contributed by atoms with Gasteiger partial charge >= 0.3 is 13.8 Å². The molecule has 1 aromatic rings. The summed E-state index contributed by atoms with van der Waals surface area (Å²) in [6.45, 7) is 76.0. The number of fused-ring (bicyclic) bond motifs is 5. The lowest BCUT2D eigenvalue weighted by molar-refractivity contribution is -0.206. The fourth-order valence-corrected chi connectivity index (χ4v) is 19.9. The number of aliphatic hydroxyl groups excluding tert-OH is 5. The molecule has 13 unspecified atom stereocenters. The summed E-state index contributed by atoms with van der Waals surface area (Å²) in [5.41, 5.74) is 2.38. The van der Waals surface area contributed by atoms with E-state index in [9.17, 15) is 43.3 Å². The number of anilines is 1. The van der Waals surface area contributed by atoms with Crippen LogP contribution < -0.4 is 10.2 Å². The Morgan fingerprint density at radius 2 is 1.05 bits per heavy atom. The van der Waals surface area contributed by atoms with Gasteiger partial charge in [0.05, 0.1) is 126 Å². The van der Waals surface area contributed by atoms with Crippen LogP contribution >= 0.6 is 7.60 Å². The molecule has 117 heavy (non-hydrogen) atoms. The molecule has 688 valence electrons. The van der Waals surface area contributed by atoms with Crippen molar-refractivity contribution in [3.05, 3.63) is 35.9 Å². The van der Waals surface area contributed by atoms with Crippen molar-refractivity contribution in [2.45, 2.75) is 378 Å². The van der Waals surface area contributed by atoms with Crippen molar-refractivity contribution in [2.24, 2.45) is 39.4 Å². The Balaban J connectivity index is 0.000000295. The van der Waals surface area contributed by atoms with Crippen LogP contribution in [0.3, 0.4) is 0 Å². The molecule has 25 heteroatoms. The number of nitrogens with zero attached hydrogens (tertiary/aromatic N) is 5. The Labute approximate surface area is 709 Å². The van der Waals surface area contributed by atoms with E-state index in [1.54, 1.807) is 11.0 Å². The van der Waals surface area contributed by atoms with Gasteiger partial charge in [0.25, 0.3) is 0 Å². The molecular formula is C92H174F3N6O15P. The second-order valence-electron chi connectivity index (χ2n) is 44.0. The van der Waals surface area contributed by atoms with Gasteiger partial charge in [-0.05, 0) is 302 Å². The number of phenolic OH excluding ortho intramolecular Hbond substituents is 1. The Hall–Kier alpha value is -2.14. The summed E-state index contributed by atoms with van der Waals surface area (Å²) in [5, 5.41) is 61.4. The van der Waals surface area contributed by atoms with Crippen molar-refractivity contribution in [2.75, 3.05) is 130 Å². The maximum absolute atomic E-state index is 13.2. The summed E-state index contributed by atoms with van der Waals surface area (Å²) >= 11 is 0. The Bertz CT molecular complexity index is 3140. The summed E-state index contributed by atoms with van der Waals surface area (Å²) in [6, 6.07) is 6.31. The molecule has 6 fully saturated rings. The summed E-state index contributed by atoms with van der Waals surface area (Å²) in [4.78, 5) is 11.8. The number of aromatic hydroxyl groups is 1. The first kappa shape index (κ1) is 107. The molecule has 0 aromatic heterocycles. The molecule has 5 saturated heterocycles. The van der Waals surface area contributed by atoms with Crippen LogP contribution in [0.15, 0.2) is 30.4 Å². The first-order valence-corrected chi connectivity index (χ1v) is 45.9. The summed E-state index contributed by atoms with van der Waals surface area (Å²) in [6.07, 6.45) is 8.80. The fourth-order valence-electron chi connectivity index (χ4n) is 18.5. The van der Waals surface area contributed by atoms with Crippen LogP contribution in [0.5, 0.6) is 5.75 Å². The zero-order chi connectivity index (χ0) is 89.5. The van der Waals surface area contributed by atoms with Gasteiger partial charge in [-0.15, -0.1) is 0 Å². The minimum Gasteiger partial charge on any atom is -0.508 e. The Morgan fingerprint density at radius 3 is 1.50 bits per heavy atom. The van der Waals surface area contributed by atoms with Crippen LogP contribution in [0.2, 0.25) is 0 Å². The average Bonchev–Trinajstić information content (AvgIpc) is 1.55. The van der Waals surface area contributed by atoms with Crippen molar-refractivity contribution >= 4 is 13.3 Å². The number of alkyl halides is 3. The summed E-state index contributed by atoms with van der Waals surface area (Å²) in [7, 11) is -3.18. The van der Waals surface area contributed by atoms with E-state index < -0.39 is 43.0 Å². The van der Waals surface area contributed by atoms with E-state index in [0.717, 1.165) is 78.3 Å². The third kappa shape index (κ3) is 31.4. The Kier molecular flexibility index (Phi) is 39.7. The molecular weight excluding hydrogens is 1520 g/mol. The number of ether oxygens (including phenoxy) is 6. The van der Waals surface area contributed by atoms with Crippen molar-refractivity contribution < 1.29 is 85.8 Å². The highest BCUT2D eigenvalue weighted by atomic mass is 31.2. The highest BCUT2D eigenvalue weighted by Crippen LogP contribution is 2.64. The van der Waals surface area contributed by atoms with Gasteiger partial charge in [0.2, 0.25) is 0 Å². The standard InChI is InChI=1S/C17H33NO2.C17H31NO2.C16H25NO2.C15H29NO2.C14H26F3NO2.C13H30NO5P/c1-14(2,3)18-11-16(9-10-20-15(4,5)6)7-8-17(16,12-18)13-19;1-14(2)20-13-17-9-7-6-8-16(17,12-19)10-18(11-17)15(3,4)5;1-11(2)19-10-13-8-12-9-14(18)6-7-15(12)17(13)16(3,4)5;1-10(2)18-9-12-11(8-17)13-6-7-14(12)16(13)15(3,4)5;1-12(2,3)18-7-10(19)11(14(15,16)17)9(18)8-20-13(4,5)6;1-12(2)17-9-10-19-20(16,18-8-7-15)11-6-14-13(3,4)5/h19H,7-13H2,1-6H3;6-7,14,19H,8-13H2,1-5H3;6-7,9,11,13,18H,8,10H2,1-5H3;10-14,17H,6-9H2,1-5H3;9-11,19H,7-8H2,1-6H3;12,14-15H,6-11H2,1-5H3. The molecule has 0 spiro atoms. The zero-order valence-corrected chi connectivity index (χ0v) is 80.5. The SMILES string of the molecule is CC(C)(C)OCC1C(C(F)(F)F)C(O)CN1C(C)(C)C.CC(C)(C)OCCC12CCC1(CO)CN(C(C)(C)C)C2.CC(C)OCC12CC=CCC1(CO)CN(C(C)(C)C)C2.CC(C)OCC1C(CO)C2CCC1N2C(C)(C)C.CC(C)OCC1Cc2cc(O)ccc2N1C(C)(C)C.CC(C)OCCOP(=O)(CCNC(C)(C)C)OCCO. The second kappa shape index (κ2) is 43.4. The highest BCUT2D eigenvalue weighted by molar-refractivity contribution is 7.53. The van der Waals surface area contributed by atoms with E-state index in [4.69, 9.17) is 42.6 Å². The predicted molar refractivity (Wildman–Crippen MR) is 470 cm³/mol. The number of hydrogen-bond acceptors (Lipinski definition) is 21. The largest absolute Gasteiger partial charge is 0.508 e. The number of phenols is 1. The van der Waals surface area contributed by atoms with E-state index >= 15 is 0 Å². The molecule has 9 rings (SSSR count). The molecule has 6 aliphatic heterocycles. The van der Waals surface area contributed by atoms with Gasteiger partial charge in [0.1, 0.15) is 5.75 Å². The van der Waals surface area contributed by atoms with E-state index in [1.165, 1.54) is 36.9 Å². The number of nitrogens with one attached hydrogen (secondary N) is 1. The lowest BCUT2D eigenvalue weighted by atomic mass is 9.50. The van der Waals surface area contributed by atoms with Crippen LogP contribution in [0.4, 0.5) is 18.9 Å². The predicted octanol–water partition coefficient (Wildman–Crippen LogP) is 16.4. The molecule has 13 atom stereocenters. The minimum atomic E-state index is -4.43. The minimum absolute atomic E-state index is 0.0117. The van der Waals surface area contributed by atoms with Gasteiger partial charge in [-0.3, -0.25) is 24.2 Å². The number of allylic oxidation sites excluding steroid dienone is 2. The van der Waals surface area contributed by atoms with Gasteiger partial charge in [0, 0.05) is 138 Å². The monoisotopic (exact) mass is 1690 g/mol. The van der Waals surface area contributed by atoms with Crippen molar-refractivity contribution in [1.82, 2.24) is 24.9 Å². The van der Waals surface area contributed by atoms with Gasteiger partial charge in [-0.1, -0.05) is 12.2 Å². The van der Waals surface area contributed by atoms with E-state index in [1.807, 2.05) is 88.3 Å². The first-order chi connectivity index (χ1) is 53.3. The second-order valence-corrected chi connectivity index (χ2v) is 46.2. The number of benzene rings is 1. The molecule has 0 amide bonds. The van der Waals surface area contributed by atoms with Crippen LogP contribution in [-0.4, -0.2) is 280 Å². The summed E-state index contributed by atoms with van der Waals surface area (Å²) < 4.78 is 97.1. The topological polar surface area (TPSA) is 241 Å². The molecule has 1 saturated carbocycles. The van der Waals surface area contributed by atoms with Crippen molar-refractivity contribution in [3.8, 4) is 5.75 Å². The highest BCUT2D eigenvalue weighted by Gasteiger charge is 2.65. The first-order valence-electron chi connectivity index (χ1n) is 44.2. The molecule has 21 nitrogen and oxygen atoms in total. The average molecular weight is 1690 g/mol. The van der Waals surface area contributed by atoms with Crippen LogP contribution in [-0.2, 0) is 48.5 Å². The molecule has 0 radical (unpaired) electrons.